The fourth-order valence-corrected chi connectivity index (χ4v) is 3.70. The van der Waals surface area contributed by atoms with Crippen LogP contribution in [0.25, 0.3) is 0 Å². The van der Waals surface area contributed by atoms with Gasteiger partial charge in [-0.25, -0.2) is 13.1 Å². The van der Waals surface area contributed by atoms with Crippen LogP contribution in [0.4, 0.5) is 0 Å². The van der Waals surface area contributed by atoms with E-state index in [0.717, 1.165) is 5.56 Å². The van der Waals surface area contributed by atoms with E-state index in [0.29, 0.717) is 31.1 Å². The van der Waals surface area contributed by atoms with E-state index in [4.69, 9.17) is 16.3 Å². The first kappa shape index (κ1) is 16.7. The Bertz CT molecular complexity index is 597. The van der Waals surface area contributed by atoms with Crippen LogP contribution < -0.4 is 4.72 Å². The molecule has 1 fully saturated rings. The minimum absolute atomic E-state index is 0.0620. The molecule has 0 aliphatic carbocycles. The summed E-state index contributed by atoms with van der Waals surface area (Å²) in [4.78, 5) is 0.137. The molecule has 1 heterocycles. The third-order valence-corrected chi connectivity index (χ3v) is 5.79. The van der Waals surface area contributed by atoms with Crippen molar-refractivity contribution in [1.29, 1.82) is 0 Å². The first-order valence-corrected chi connectivity index (χ1v) is 8.69. The molecule has 1 aromatic rings. The van der Waals surface area contributed by atoms with Crippen molar-refractivity contribution in [2.24, 2.45) is 5.41 Å². The lowest BCUT2D eigenvalue weighted by Gasteiger charge is -2.35. The molecule has 0 saturated carbocycles. The molecule has 0 atom stereocenters. The second-order valence-electron chi connectivity index (χ2n) is 5.51. The molecule has 7 heteroatoms. The summed E-state index contributed by atoms with van der Waals surface area (Å²) >= 11 is 5.97. The van der Waals surface area contributed by atoms with E-state index < -0.39 is 15.4 Å². The first-order valence-electron chi connectivity index (χ1n) is 6.83. The number of ether oxygens (including phenoxy) is 1. The van der Waals surface area contributed by atoms with Crippen LogP contribution in [0.1, 0.15) is 18.4 Å². The molecule has 1 saturated heterocycles. The van der Waals surface area contributed by atoms with E-state index >= 15 is 0 Å². The molecule has 118 valence electrons. The second kappa shape index (κ2) is 6.62. The maximum absolute atomic E-state index is 12.3. The number of nitrogens with one attached hydrogen (secondary N) is 1. The quantitative estimate of drug-likeness (QED) is 0.860. The van der Waals surface area contributed by atoms with Crippen LogP contribution in [0.3, 0.4) is 0 Å². The maximum atomic E-state index is 12.3. The van der Waals surface area contributed by atoms with Gasteiger partial charge in [0.25, 0.3) is 0 Å². The Morgan fingerprint density at radius 1 is 1.38 bits per heavy atom. The summed E-state index contributed by atoms with van der Waals surface area (Å²) in [6, 6.07) is 4.64. The van der Waals surface area contributed by atoms with Crippen LogP contribution in [0.15, 0.2) is 23.1 Å². The van der Waals surface area contributed by atoms with Gasteiger partial charge in [0, 0.05) is 30.2 Å². The fraction of sp³-hybridized carbons (Fsp3) is 0.571. The summed E-state index contributed by atoms with van der Waals surface area (Å²) in [6.07, 6.45) is 1.28. The number of sulfonamides is 1. The molecule has 0 amide bonds. The zero-order chi connectivity index (χ0) is 15.5. The normalized spacial score (nSPS) is 18.6. The van der Waals surface area contributed by atoms with E-state index in [1.165, 1.54) is 12.1 Å². The van der Waals surface area contributed by atoms with Gasteiger partial charge < -0.3 is 9.84 Å². The van der Waals surface area contributed by atoms with E-state index in [1.54, 1.807) is 6.07 Å². The molecule has 1 aromatic carbocycles. The maximum Gasteiger partial charge on any atom is 0.240 e. The summed E-state index contributed by atoms with van der Waals surface area (Å²) < 4.78 is 32.5. The van der Waals surface area contributed by atoms with E-state index in [2.05, 4.69) is 4.72 Å². The SMILES string of the molecule is Cc1ccc(S(=O)(=O)NCC2(CO)CCOCC2)cc1Cl. The van der Waals surface area contributed by atoms with Gasteiger partial charge >= 0.3 is 0 Å². The van der Waals surface area contributed by atoms with Gasteiger partial charge in [-0.05, 0) is 37.5 Å². The zero-order valence-electron chi connectivity index (χ0n) is 11.9. The largest absolute Gasteiger partial charge is 0.396 e. The van der Waals surface area contributed by atoms with Crippen LogP contribution in [0, 0.1) is 12.3 Å². The molecule has 0 radical (unpaired) electrons. The van der Waals surface area contributed by atoms with Gasteiger partial charge in [-0.15, -0.1) is 0 Å². The lowest BCUT2D eigenvalue weighted by Crippen LogP contribution is -2.43. The second-order valence-corrected chi connectivity index (χ2v) is 7.68. The zero-order valence-corrected chi connectivity index (χ0v) is 13.5. The number of rotatable bonds is 5. The van der Waals surface area contributed by atoms with Crippen LogP contribution >= 0.6 is 11.6 Å². The summed E-state index contributed by atoms with van der Waals surface area (Å²) in [5.74, 6) is 0. The van der Waals surface area contributed by atoms with Crippen LogP contribution in [-0.2, 0) is 14.8 Å². The minimum Gasteiger partial charge on any atom is -0.396 e. The van der Waals surface area contributed by atoms with Gasteiger partial charge in [0.2, 0.25) is 10.0 Å². The molecule has 0 spiro atoms. The Hall–Kier alpha value is -0.660. The molecule has 1 aliphatic rings. The monoisotopic (exact) mass is 333 g/mol. The fourth-order valence-electron chi connectivity index (χ4n) is 2.27. The number of halogens is 1. The number of aliphatic hydroxyl groups is 1. The molecule has 2 rings (SSSR count). The Morgan fingerprint density at radius 3 is 2.62 bits per heavy atom. The molecule has 5 nitrogen and oxygen atoms in total. The number of hydrogen-bond donors (Lipinski definition) is 2. The van der Waals surface area contributed by atoms with Crippen molar-refractivity contribution in [2.75, 3.05) is 26.4 Å². The molecule has 0 unspecified atom stereocenters. The molecular formula is C14H20ClNO4S. The average Bonchev–Trinajstić information content (AvgIpc) is 2.49. The lowest BCUT2D eigenvalue weighted by atomic mass is 9.81. The highest BCUT2D eigenvalue weighted by Crippen LogP contribution is 2.29. The van der Waals surface area contributed by atoms with Crippen molar-refractivity contribution in [3.05, 3.63) is 28.8 Å². The van der Waals surface area contributed by atoms with Crippen molar-refractivity contribution in [2.45, 2.75) is 24.7 Å². The molecule has 21 heavy (non-hydrogen) atoms. The highest BCUT2D eigenvalue weighted by Gasteiger charge is 2.33. The minimum atomic E-state index is -3.63. The third kappa shape index (κ3) is 3.96. The topological polar surface area (TPSA) is 75.6 Å². The van der Waals surface area contributed by atoms with Crippen molar-refractivity contribution in [3.8, 4) is 0 Å². The van der Waals surface area contributed by atoms with Crippen LogP contribution in [0.5, 0.6) is 0 Å². The Morgan fingerprint density at radius 2 is 2.05 bits per heavy atom. The molecule has 2 N–H and O–H groups in total. The summed E-state index contributed by atoms with van der Waals surface area (Å²) in [7, 11) is -3.63. The Kier molecular flexibility index (Phi) is 5.27. The van der Waals surface area contributed by atoms with E-state index in [9.17, 15) is 13.5 Å². The van der Waals surface area contributed by atoms with E-state index in [-0.39, 0.29) is 18.0 Å². The predicted octanol–water partition coefficient (Wildman–Crippen LogP) is 1.72. The molecule has 0 bridgehead atoms. The van der Waals surface area contributed by atoms with Gasteiger partial charge in [-0.1, -0.05) is 17.7 Å². The van der Waals surface area contributed by atoms with Crippen molar-refractivity contribution >= 4 is 21.6 Å². The third-order valence-electron chi connectivity index (χ3n) is 3.98. The Labute approximate surface area is 130 Å². The number of hydrogen-bond acceptors (Lipinski definition) is 4. The number of benzene rings is 1. The van der Waals surface area contributed by atoms with Gasteiger partial charge in [0.15, 0.2) is 0 Å². The number of aryl methyl sites for hydroxylation is 1. The molecular weight excluding hydrogens is 314 g/mol. The van der Waals surface area contributed by atoms with E-state index in [1.807, 2.05) is 6.92 Å². The van der Waals surface area contributed by atoms with Gasteiger partial charge in [0.05, 0.1) is 11.5 Å². The highest BCUT2D eigenvalue weighted by atomic mass is 35.5. The molecule has 1 aliphatic heterocycles. The average molecular weight is 334 g/mol. The highest BCUT2D eigenvalue weighted by molar-refractivity contribution is 7.89. The van der Waals surface area contributed by atoms with Crippen molar-refractivity contribution in [1.82, 2.24) is 4.72 Å². The number of aliphatic hydroxyl groups excluding tert-OH is 1. The summed E-state index contributed by atoms with van der Waals surface area (Å²) in [6.45, 7) is 3.03. The van der Waals surface area contributed by atoms with Crippen LogP contribution in [-0.4, -0.2) is 39.9 Å². The van der Waals surface area contributed by atoms with Crippen molar-refractivity contribution < 1.29 is 18.3 Å². The first-order chi connectivity index (χ1) is 9.88. The van der Waals surface area contributed by atoms with Gasteiger partial charge in [-0.3, -0.25) is 0 Å². The summed E-state index contributed by atoms with van der Waals surface area (Å²) in [5, 5.41) is 10.00. The lowest BCUT2D eigenvalue weighted by molar-refractivity contribution is -0.0126. The predicted molar refractivity (Wildman–Crippen MR) is 80.9 cm³/mol. The van der Waals surface area contributed by atoms with Gasteiger partial charge in [-0.2, -0.15) is 0 Å². The van der Waals surface area contributed by atoms with Crippen molar-refractivity contribution in [3.63, 3.8) is 0 Å². The van der Waals surface area contributed by atoms with Crippen LogP contribution in [0.2, 0.25) is 5.02 Å². The standard InChI is InChI=1S/C14H20ClNO4S/c1-11-2-3-12(8-13(11)15)21(18,19)16-9-14(10-17)4-6-20-7-5-14/h2-3,8,16-17H,4-7,9-10H2,1H3. The van der Waals surface area contributed by atoms with Gasteiger partial charge in [0.1, 0.15) is 0 Å². The molecule has 0 aromatic heterocycles. The Balaban J connectivity index is 2.11. The smallest absolute Gasteiger partial charge is 0.240 e. The summed E-state index contributed by atoms with van der Waals surface area (Å²) in [5.41, 5.74) is 0.381.